The van der Waals surface area contributed by atoms with Crippen LogP contribution in [0.1, 0.15) is 24.8 Å². The number of nitrogens with one attached hydrogen (secondary N) is 1. The highest BCUT2D eigenvalue weighted by Gasteiger charge is 2.38. The summed E-state index contributed by atoms with van der Waals surface area (Å²) in [5.41, 5.74) is 7.15. The molecule has 3 atom stereocenters. The molecular formula is C16H23N3O. The molecule has 1 amide bonds. The summed E-state index contributed by atoms with van der Waals surface area (Å²) >= 11 is 0. The van der Waals surface area contributed by atoms with Crippen LogP contribution >= 0.6 is 0 Å². The van der Waals surface area contributed by atoms with Crippen LogP contribution in [0.3, 0.4) is 0 Å². The van der Waals surface area contributed by atoms with Crippen molar-refractivity contribution in [2.45, 2.75) is 43.8 Å². The lowest BCUT2D eigenvalue weighted by Gasteiger charge is -2.23. The van der Waals surface area contributed by atoms with Gasteiger partial charge in [0.25, 0.3) is 0 Å². The zero-order chi connectivity index (χ0) is 13.9. The average Bonchev–Trinajstić information content (AvgIpc) is 3.05. The van der Waals surface area contributed by atoms with Crippen LogP contribution in [0.15, 0.2) is 30.3 Å². The Bertz CT molecular complexity index is 462. The van der Waals surface area contributed by atoms with Crippen molar-refractivity contribution in [3.05, 3.63) is 35.9 Å². The predicted octanol–water partition coefficient (Wildman–Crippen LogP) is 0.909. The summed E-state index contributed by atoms with van der Waals surface area (Å²) in [6.45, 7) is 2.30. The maximum absolute atomic E-state index is 12.2. The van der Waals surface area contributed by atoms with E-state index in [9.17, 15) is 4.79 Å². The number of nitrogens with zero attached hydrogens (tertiary/aromatic N) is 1. The summed E-state index contributed by atoms with van der Waals surface area (Å²) in [6.07, 6.45) is 4.13. The molecule has 4 nitrogen and oxygen atoms in total. The maximum atomic E-state index is 12.2. The molecule has 3 N–H and O–H groups in total. The molecule has 0 saturated carbocycles. The van der Waals surface area contributed by atoms with Crippen molar-refractivity contribution in [1.82, 2.24) is 10.2 Å². The minimum Gasteiger partial charge on any atom is -0.350 e. The second-order valence-electron chi connectivity index (χ2n) is 5.95. The molecule has 1 aromatic rings. The van der Waals surface area contributed by atoms with Crippen LogP contribution in [0.25, 0.3) is 0 Å². The minimum absolute atomic E-state index is 0.00685. The van der Waals surface area contributed by atoms with Gasteiger partial charge in [0.05, 0.1) is 6.04 Å². The van der Waals surface area contributed by atoms with Gasteiger partial charge in [-0.25, -0.2) is 0 Å². The Labute approximate surface area is 120 Å². The lowest BCUT2D eigenvalue weighted by atomic mass is 10.0. The quantitative estimate of drug-likeness (QED) is 0.857. The number of carbonyl (C=O) groups is 1. The zero-order valence-corrected chi connectivity index (χ0v) is 11.8. The molecule has 20 heavy (non-hydrogen) atoms. The molecule has 2 saturated heterocycles. The molecule has 0 bridgehead atoms. The Balaban J connectivity index is 1.54. The summed E-state index contributed by atoms with van der Waals surface area (Å²) in [7, 11) is 0. The number of hydrogen-bond donors (Lipinski definition) is 2. The number of benzene rings is 1. The van der Waals surface area contributed by atoms with Gasteiger partial charge in [-0.1, -0.05) is 30.3 Å². The van der Waals surface area contributed by atoms with Crippen LogP contribution in [-0.2, 0) is 11.2 Å². The van der Waals surface area contributed by atoms with Gasteiger partial charge in [-0.05, 0) is 37.8 Å². The van der Waals surface area contributed by atoms with E-state index in [2.05, 4.69) is 10.2 Å². The van der Waals surface area contributed by atoms with Crippen molar-refractivity contribution in [3.63, 3.8) is 0 Å². The first-order valence-corrected chi connectivity index (χ1v) is 7.58. The topological polar surface area (TPSA) is 58.4 Å². The van der Waals surface area contributed by atoms with E-state index >= 15 is 0 Å². The molecule has 0 radical (unpaired) electrons. The van der Waals surface area contributed by atoms with E-state index in [0.29, 0.717) is 18.5 Å². The molecule has 0 aliphatic carbocycles. The van der Waals surface area contributed by atoms with Gasteiger partial charge in [0.1, 0.15) is 0 Å². The van der Waals surface area contributed by atoms with Crippen LogP contribution in [-0.4, -0.2) is 42.0 Å². The van der Waals surface area contributed by atoms with Crippen molar-refractivity contribution < 1.29 is 4.79 Å². The number of rotatable bonds is 4. The van der Waals surface area contributed by atoms with Gasteiger partial charge in [0.2, 0.25) is 5.91 Å². The van der Waals surface area contributed by atoms with Crippen LogP contribution in [0.4, 0.5) is 0 Å². The van der Waals surface area contributed by atoms with E-state index in [4.69, 9.17) is 5.73 Å². The number of hydrogen-bond acceptors (Lipinski definition) is 3. The lowest BCUT2D eigenvalue weighted by molar-refractivity contribution is -0.123. The molecule has 3 rings (SSSR count). The number of fused-ring (bicyclic) bond motifs is 1. The van der Waals surface area contributed by atoms with Gasteiger partial charge in [0.15, 0.2) is 0 Å². The van der Waals surface area contributed by atoms with Gasteiger partial charge in [0, 0.05) is 18.6 Å². The first-order chi connectivity index (χ1) is 9.74. The second-order valence-corrected chi connectivity index (χ2v) is 5.95. The minimum atomic E-state index is -0.451. The van der Waals surface area contributed by atoms with E-state index in [1.165, 1.54) is 19.4 Å². The Kier molecular flexibility index (Phi) is 4.03. The maximum Gasteiger partial charge on any atom is 0.237 e. The van der Waals surface area contributed by atoms with Crippen molar-refractivity contribution >= 4 is 5.91 Å². The molecule has 2 aliphatic heterocycles. The van der Waals surface area contributed by atoms with Gasteiger partial charge < -0.3 is 11.1 Å². The first-order valence-electron chi connectivity index (χ1n) is 7.58. The van der Waals surface area contributed by atoms with Gasteiger partial charge >= 0.3 is 0 Å². The van der Waals surface area contributed by atoms with Gasteiger partial charge in [-0.3, -0.25) is 9.69 Å². The molecular weight excluding hydrogens is 250 g/mol. The Morgan fingerprint density at radius 2 is 2.10 bits per heavy atom. The molecule has 2 unspecified atom stereocenters. The predicted molar refractivity (Wildman–Crippen MR) is 79.3 cm³/mol. The molecule has 1 aromatic carbocycles. The number of nitrogens with two attached hydrogens (primary N) is 1. The van der Waals surface area contributed by atoms with E-state index in [1.54, 1.807) is 0 Å². The molecule has 2 aliphatic rings. The van der Waals surface area contributed by atoms with Crippen LogP contribution < -0.4 is 11.1 Å². The summed E-state index contributed by atoms with van der Waals surface area (Å²) in [5, 5.41) is 3.16. The smallest absolute Gasteiger partial charge is 0.237 e. The van der Waals surface area contributed by atoms with Crippen LogP contribution in [0.5, 0.6) is 0 Å². The van der Waals surface area contributed by atoms with Crippen LogP contribution in [0.2, 0.25) is 0 Å². The first kappa shape index (κ1) is 13.6. The van der Waals surface area contributed by atoms with E-state index in [1.807, 2.05) is 30.3 Å². The second kappa shape index (κ2) is 5.94. The van der Waals surface area contributed by atoms with E-state index in [-0.39, 0.29) is 5.91 Å². The Hall–Kier alpha value is -1.39. The van der Waals surface area contributed by atoms with E-state index in [0.717, 1.165) is 18.5 Å². The average molecular weight is 273 g/mol. The molecule has 2 fully saturated rings. The number of amides is 1. The Morgan fingerprint density at radius 3 is 2.90 bits per heavy atom. The third-order valence-electron chi connectivity index (χ3n) is 4.57. The third-order valence-corrected chi connectivity index (χ3v) is 4.57. The fourth-order valence-electron chi connectivity index (χ4n) is 3.50. The molecule has 2 heterocycles. The molecule has 0 spiro atoms. The van der Waals surface area contributed by atoms with Crippen molar-refractivity contribution in [3.8, 4) is 0 Å². The molecule has 108 valence electrons. The fourth-order valence-corrected chi connectivity index (χ4v) is 3.50. The number of carbonyl (C=O) groups excluding carboxylic acids is 1. The normalized spacial score (nSPS) is 27.2. The highest BCUT2D eigenvalue weighted by molar-refractivity contribution is 5.82. The lowest BCUT2D eigenvalue weighted by Crippen LogP contribution is -2.49. The van der Waals surface area contributed by atoms with Crippen molar-refractivity contribution in [1.29, 1.82) is 0 Å². The summed E-state index contributed by atoms with van der Waals surface area (Å²) < 4.78 is 0. The SMILES string of the molecule is N[C@@H](Cc1ccccc1)C(=O)NC1CCN2CCCC12. The molecule has 0 aromatic heterocycles. The van der Waals surface area contributed by atoms with E-state index < -0.39 is 6.04 Å². The standard InChI is InChI=1S/C16H23N3O/c17-13(11-12-5-2-1-3-6-12)16(20)18-14-8-10-19-9-4-7-15(14)19/h1-3,5-6,13-15H,4,7-11,17H2,(H,18,20)/t13-,14?,15?/m0/s1. The van der Waals surface area contributed by atoms with Crippen LogP contribution in [0, 0.1) is 0 Å². The summed E-state index contributed by atoms with van der Waals surface area (Å²) in [6, 6.07) is 10.4. The largest absolute Gasteiger partial charge is 0.350 e. The fraction of sp³-hybridized carbons (Fsp3) is 0.562. The summed E-state index contributed by atoms with van der Waals surface area (Å²) in [5.74, 6) is -0.00685. The van der Waals surface area contributed by atoms with Gasteiger partial charge in [-0.15, -0.1) is 0 Å². The summed E-state index contributed by atoms with van der Waals surface area (Å²) in [4.78, 5) is 14.7. The zero-order valence-electron chi connectivity index (χ0n) is 11.8. The molecule has 4 heteroatoms. The van der Waals surface area contributed by atoms with Gasteiger partial charge in [-0.2, -0.15) is 0 Å². The van der Waals surface area contributed by atoms with Crippen molar-refractivity contribution in [2.75, 3.05) is 13.1 Å². The highest BCUT2D eigenvalue weighted by atomic mass is 16.2. The Morgan fingerprint density at radius 1 is 1.30 bits per heavy atom. The van der Waals surface area contributed by atoms with Crippen molar-refractivity contribution in [2.24, 2.45) is 5.73 Å². The monoisotopic (exact) mass is 273 g/mol. The third kappa shape index (κ3) is 2.86. The highest BCUT2D eigenvalue weighted by Crippen LogP contribution is 2.27.